The summed E-state index contributed by atoms with van der Waals surface area (Å²) in [6.07, 6.45) is 7.45. The Balaban J connectivity index is 1.22. The lowest BCUT2D eigenvalue weighted by Gasteiger charge is -2.56. The zero-order chi connectivity index (χ0) is 20.9. The first-order valence-electron chi connectivity index (χ1n) is 11.4. The monoisotopic (exact) mass is 431 g/mol. The molecule has 0 aromatic heterocycles. The highest BCUT2D eigenvalue weighted by atomic mass is 32.2. The van der Waals surface area contributed by atoms with Crippen molar-refractivity contribution >= 4 is 15.9 Å². The van der Waals surface area contributed by atoms with E-state index >= 15 is 0 Å². The average Bonchev–Trinajstić information content (AvgIpc) is 2.67. The van der Waals surface area contributed by atoms with E-state index in [1.807, 2.05) is 7.05 Å². The van der Waals surface area contributed by atoms with E-state index in [1.54, 1.807) is 28.6 Å². The summed E-state index contributed by atoms with van der Waals surface area (Å²) in [6, 6.07) is 7.15. The number of rotatable bonds is 5. The van der Waals surface area contributed by atoms with Crippen molar-refractivity contribution in [2.45, 2.75) is 49.8 Å². The Morgan fingerprint density at radius 1 is 0.967 bits per heavy atom. The topological polar surface area (TPSA) is 69.7 Å². The van der Waals surface area contributed by atoms with Crippen molar-refractivity contribution < 1.29 is 13.2 Å². The van der Waals surface area contributed by atoms with Crippen molar-refractivity contribution in [2.24, 2.45) is 17.8 Å². The predicted octanol–water partition coefficient (Wildman–Crippen LogP) is 2.46. The van der Waals surface area contributed by atoms with Crippen LogP contribution in [0.15, 0.2) is 24.3 Å². The van der Waals surface area contributed by atoms with Crippen LogP contribution in [-0.2, 0) is 15.8 Å². The highest BCUT2D eigenvalue weighted by molar-refractivity contribution is 7.88. The second kappa shape index (κ2) is 7.61. The smallest absolute Gasteiger partial charge is 0.251 e. The Morgan fingerprint density at radius 3 is 2.03 bits per heavy atom. The summed E-state index contributed by atoms with van der Waals surface area (Å²) >= 11 is 0. The molecule has 30 heavy (non-hydrogen) atoms. The van der Waals surface area contributed by atoms with E-state index in [0.717, 1.165) is 55.7 Å². The van der Waals surface area contributed by atoms with Crippen LogP contribution in [0.4, 0.5) is 0 Å². The molecule has 5 fully saturated rings. The maximum atomic E-state index is 13.0. The zero-order valence-electron chi connectivity index (χ0n) is 17.8. The van der Waals surface area contributed by atoms with Gasteiger partial charge in [0.2, 0.25) is 10.0 Å². The number of hydrogen-bond acceptors (Lipinski definition) is 4. The van der Waals surface area contributed by atoms with Gasteiger partial charge in [-0.15, -0.1) is 0 Å². The summed E-state index contributed by atoms with van der Waals surface area (Å²) in [7, 11) is -1.31. The number of nitrogens with one attached hydrogen (secondary N) is 1. The molecule has 6 nitrogen and oxygen atoms in total. The molecule has 0 spiro atoms. The van der Waals surface area contributed by atoms with Crippen LogP contribution >= 0.6 is 0 Å². The van der Waals surface area contributed by atoms with Crippen molar-refractivity contribution in [1.82, 2.24) is 14.5 Å². The van der Waals surface area contributed by atoms with Gasteiger partial charge in [0.1, 0.15) is 0 Å². The van der Waals surface area contributed by atoms with Crippen molar-refractivity contribution in [3.63, 3.8) is 0 Å². The van der Waals surface area contributed by atoms with E-state index in [4.69, 9.17) is 0 Å². The molecule has 1 aromatic carbocycles. The summed E-state index contributed by atoms with van der Waals surface area (Å²) in [5.74, 6) is 2.36. The number of amides is 1. The van der Waals surface area contributed by atoms with Crippen molar-refractivity contribution in [1.29, 1.82) is 0 Å². The number of nitrogens with zero attached hydrogens (tertiary/aromatic N) is 2. The predicted molar refractivity (Wildman–Crippen MR) is 117 cm³/mol. The lowest BCUT2D eigenvalue weighted by molar-refractivity contribution is -0.0167. The fourth-order valence-electron chi connectivity index (χ4n) is 6.70. The van der Waals surface area contributed by atoms with Crippen LogP contribution in [0.2, 0.25) is 0 Å². The van der Waals surface area contributed by atoms with Crippen LogP contribution in [0, 0.1) is 17.8 Å². The lowest BCUT2D eigenvalue weighted by Crippen LogP contribution is -2.59. The number of sulfonamides is 1. The van der Waals surface area contributed by atoms with Gasteiger partial charge < -0.3 is 10.2 Å². The minimum atomic E-state index is -3.32. The number of piperazine rings is 1. The van der Waals surface area contributed by atoms with Crippen LogP contribution in [0.3, 0.4) is 0 Å². The molecule has 1 N–H and O–H groups in total. The molecule has 4 aliphatic carbocycles. The van der Waals surface area contributed by atoms with Gasteiger partial charge in [0.15, 0.2) is 0 Å². The molecular weight excluding hydrogens is 398 g/mol. The number of hydrogen-bond donors (Lipinski definition) is 1. The quantitative estimate of drug-likeness (QED) is 0.778. The summed E-state index contributed by atoms with van der Waals surface area (Å²) in [4.78, 5) is 15.1. The molecule has 4 saturated carbocycles. The Hall–Kier alpha value is -1.44. The summed E-state index contributed by atoms with van der Waals surface area (Å²) in [5.41, 5.74) is 1.36. The Morgan fingerprint density at radius 2 is 1.50 bits per heavy atom. The maximum Gasteiger partial charge on any atom is 0.251 e. The van der Waals surface area contributed by atoms with Gasteiger partial charge in [-0.1, -0.05) is 12.1 Å². The van der Waals surface area contributed by atoms with E-state index in [0.29, 0.717) is 18.7 Å². The van der Waals surface area contributed by atoms with E-state index in [9.17, 15) is 13.2 Å². The van der Waals surface area contributed by atoms with Crippen LogP contribution < -0.4 is 5.32 Å². The van der Waals surface area contributed by atoms with E-state index in [1.165, 1.54) is 19.3 Å². The largest absolute Gasteiger partial charge is 0.347 e. The standard InChI is InChI=1S/C23H33N3O3S/c1-25-6-8-26(9-7-25)30(28,29)16-17-2-4-21(5-3-17)22(27)24-23-13-18-10-19(14-23)12-20(11-18)15-23/h2-5,18-20H,6-16H2,1H3,(H,24,27). The fraction of sp³-hybridized carbons (Fsp3) is 0.696. The Kier molecular flexibility index (Phi) is 5.19. The van der Waals surface area contributed by atoms with Gasteiger partial charge in [0.25, 0.3) is 5.91 Å². The molecule has 4 bridgehead atoms. The van der Waals surface area contributed by atoms with Crippen LogP contribution in [-0.4, -0.2) is 62.3 Å². The third-order valence-electron chi connectivity index (χ3n) is 7.84. The van der Waals surface area contributed by atoms with E-state index in [2.05, 4.69) is 10.2 Å². The van der Waals surface area contributed by atoms with Gasteiger partial charge in [-0.3, -0.25) is 4.79 Å². The van der Waals surface area contributed by atoms with Gasteiger partial charge in [0, 0.05) is 37.3 Å². The third kappa shape index (κ3) is 4.04. The van der Waals surface area contributed by atoms with Crippen molar-refractivity contribution in [2.75, 3.05) is 33.2 Å². The summed E-state index contributed by atoms with van der Waals surface area (Å²) in [5, 5.41) is 3.39. The van der Waals surface area contributed by atoms with Crippen LogP contribution in [0.1, 0.15) is 54.4 Å². The molecule has 1 aliphatic heterocycles. The second-order valence-electron chi connectivity index (χ2n) is 10.3. The van der Waals surface area contributed by atoms with Gasteiger partial charge in [-0.25, -0.2) is 8.42 Å². The molecule has 1 heterocycles. The normalized spacial score (nSPS) is 34.2. The Bertz CT molecular complexity index is 869. The lowest BCUT2D eigenvalue weighted by atomic mass is 9.53. The van der Waals surface area contributed by atoms with E-state index in [-0.39, 0.29) is 17.2 Å². The first-order chi connectivity index (χ1) is 14.3. The third-order valence-corrected chi connectivity index (χ3v) is 9.69. The van der Waals surface area contributed by atoms with Crippen LogP contribution in [0.5, 0.6) is 0 Å². The van der Waals surface area contributed by atoms with Crippen LogP contribution in [0.25, 0.3) is 0 Å². The second-order valence-corrected chi connectivity index (χ2v) is 12.3. The maximum absolute atomic E-state index is 13.0. The molecule has 0 unspecified atom stereocenters. The van der Waals surface area contributed by atoms with Gasteiger partial charge in [0.05, 0.1) is 5.75 Å². The first-order valence-corrected chi connectivity index (χ1v) is 13.0. The minimum absolute atomic E-state index is 0.00470. The molecule has 0 atom stereocenters. The van der Waals surface area contributed by atoms with Gasteiger partial charge >= 0.3 is 0 Å². The molecule has 7 heteroatoms. The van der Waals surface area contributed by atoms with Crippen molar-refractivity contribution in [3.05, 3.63) is 35.4 Å². The fourth-order valence-corrected chi connectivity index (χ4v) is 8.21. The zero-order valence-corrected chi connectivity index (χ0v) is 18.7. The van der Waals surface area contributed by atoms with E-state index < -0.39 is 10.0 Å². The molecule has 0 radical (unpaired) electrons. The van der Waals surface area contributed by atoms with Gasteiger partial charge in [-0.2, -0.15) is 4.31 Å². The Labute approximate surface area is 180 Å². The molecular formula is C23H33N3O3S. The highest BCUT2D eigenvalue weighted by Crippen LogP contribution is 2.55. The first kappa shape index (κ1) is 20.5. The molecule has 1 amide bonds. The summed E-state index contributed by atoms with van der Waals surface area (Å²) < 4.78 is 27.0. The molecule has 5 aliphatic rings. The summed E-state index contributed by atoms with van der Waals surface area (Å²) in [6.45, 7) is 2.63. The molecule has 164 valence electrons. The van der Waals surface area contributed by atoms with Gasteiger partial charge in [-0.05, 0) is 81.0 Å². The molecule has 1 saturated heterocycles. The van der Waals surface area contributed by atoms with Crippen molar-refractivity contribution in [3.8, 4) is 0 Å². The minimum Gasteiger partial charge on any atom is -0.347 e. The number of carbonyl (C=O) groups is 1. The highest BCUT2D eigenvalue weighted by Gasteiger charge is 2.51. The number of benzene rings is 1. The number of likely N-dealkylation sites (N-methyl/N-ethyl adjacent to an activating group) is 1. The molecule has 1 aromatic rings. The average molecular weight is 432 g/mol. The number of carbonyl (C=O) groups excluding carboxylic acids is 1. The SMILES string of the molecule is CN1CCN(S(=O)(=O)Cc2ccc(C(=O)NC34CC5CC(CC(C5)C3)C4)cc2)CC1. The molecule has 6 rings (SSSR count).